The molecule has 2 atom stereocenters. The smallest absolute Gasteiger partial charge is 0.237 e. The molecular formula is C15H23ClN2O2. The van der Waals surface area contributed by atoms with Crippen molar-refractivity contribution in [1.29, 1.82) is 0 Å². The summed E-state index contributed by atoms with van der Waals surface area (Å²) in [6.45, 7) is 4.14. The Balaban J connectivity index is 2.63. The van der Waals surface area contributed by atoms with Crippen molar-refractivity contribution in [1.82, 2.24) is 10.2 Å². The third-order valence-corrected chi connectivity index (χ3v) is 3.53. The molecule has 0 aromatic heterocycles. The molecule has 0 saturated carbocycles. The molecule has 0 aliphatic heterocycles. The van der Waals surface area contributed by atoms with Gasteiger partial charge in [-0.05, 0) is 26.1 Å². The summed E-state index contributed by atoms with van der Waals surface area (Å²) in [5.74, 6) is 0.110. The van der Waals surface area contributed by atoms with E-state index in [0.29, 0.717) is 10.6 Å². The van der Waals surface area contributed by atoms with Crippen molar-refractivity contribution in [3.63, 3.8) is 0 Å². The van der Waals surface area contributed by atoms with Gasteiger partial charge in [0.15, 0.2) is 0 Å². The van der Waals surface area contributed by atoms with Crippen LogP contribution in [0.25, 0.3) is 0 Å². The van der Waals surface area contributed by atoms with E-state index < -0.39 is 6.10 Å². The molecular weight excluding hydrogens is 276 g/mol. The molecule has 1 aromatic carbocycles. The van der Waals surface area contributed by atoms with E-state index in [4.69, 9.17) is 11.6 Å². The second-order valence-corrected chi connectivity index (χ2v) is 5.84. The number of nitrogens with one attached hydrogen (secondary N) is 1. The van der Waals surface area contributed by atoms with E-state index in [0.717, 1.165) is 0 Å². The predicted octanol–water partition coefficient (Wildman–Crippen LogP) is 2.08. The van der Waals surface area contributed by atoms with Crippen LogP contribution in [0.4, 0.5) is 0 Å². The van der Waals surface area contributed by atoms with Gasteiger partial charge < -0.3 is 10.4 Å². The summed E-state index contributed by atoms with van der Waals surface area (Å²) in [4.78, 5) is 14.0. The molecule has 0 saturated heterocycles. The molecule has 1 amide bonds. The van der Waals surface area contributed by atoms with E-state index in [9.17, 15) is 9.90 Å². The minimum atomic E-state index is -0.803. The van der Waals surface area contributed by atoms with Crippen molar-refractivity contribution < 1.29 is 9.90 Å². The molecule has 20 heavy (non-hydrogen) atoms. The van der Waals surface area contributed by atoms with Crippen molar-refractivity contribution in [2.45, 2.75) is 26.0 Å². The highest BCUT2D eigenvalue weighted by atomic mass is 35.5. The molecule has 1 rings (SSSR count). The Kier molecular flexibility index (Phi) is 6.46. The van der Waals surface area contributed by atoms with Crippen molar-refractivity contribution in [2.24, 2.45) is 5.92 Å². The van der Waals surface area contributed by atoms with Crippen LogP contribution in [0.1, 0.15) is 25.5 Å². The number of aliphatic hydroxyl groups excluding tert-OH is 1. The van der Waals surface area contributed by atoms with Gasteiger partial charge in [0.2, 0.25) is 5.91 Å². The molecule has 0 radical (unpaired) electrons. The molecule has 0 aliphatic carbocycles. The summed E-state index contributed by atoms with van der Waals surface area (Å²) >= 11 is 6.02. The number of aliphatic hydroxyl groups is 1. The van der Waals surface area contributed by atoms with Gasteiger partial charge in [0.25, 0.3) is 0 Å². The summed E-state index contributed by atoms with van der Waals surface area (Å²) in [6.07, 6.45) is -0.803. The largest absolute Gasteiger partial charge is 0.387 e. The van der Waals surface area contributed by atoms with Gasteiger partial charge in [0.05, 0.1) is 12.1 Å². The highest BCUT2D eigenvalue weighted by Gasteiger charge is 2.24. The van der Waals surface area contributed by atoms with E-state index in [1.807, 2.05) is 38.9 Å². The first kappa shape index (κ1) is 17.0. The Morgan fingerprint density at radius 3 is 2.45 bits per heavy atom. The van der Waals surface area contributed by atoms with Crippen molar-refractivity contribution in [2.75, 3.05) is 20.6 Å². The zero-order chi connectivity index (χ0) is 15.3. The number of amides is 1. The second kappa shape index (κ2) is 7.62. The van der Waals surface area contributed by atoms with Crippen LogP contribution in [0.3, 0.4) is 0 Å². The van der Waals surface area contributed by atoms with Crippen LogP contribution in [0.2, 0.25) is 5.02 Å². The zero-order valence-corrected chi connectivity index (χ0v) is 13.2. The Morgan fingerprint density at radius 2 is 1.95 bits per heavy atom. The van der Waals surface area contributed by atoms with Crippen LogP contribution in [0, 0.1) is 5.92 Å². The lowest BCUT2D eigenvalue weighted by Gasteiger charge is -2.27. The number of hydrogen-bond donors (Lipinski definition) is 2. The third kappa shape index (κ3) is 4.47. The van der Waals surface area contributed by atoms with Gasteiger partial charge in [0.1, 0.15) is 0 Å². The van der Waals surface area contributed by atoms with E-state index in [-0.39, 0.29) is 24.4 Å². The maximum Gasteiger partial charge on any atom is 0.237 e. The Morgan fingerprint density at radius 1 is 1.35 bits per heavy atom. The minimum absolute atomic E-state index is 0.0869. The summed E-state index contributed by atoms with van der Waals surface area (Å²) in [6, 6.07) is 6.87. The van der Waals surface area contributed by atoms with E-state index >= 15 is 0 Å². The molecule has 0 heterocycles. The van der Waals surface area contributed by atoms with Crippen LogP contribution in [0.15, 0.2) is 24.3 Å². The predicted molar refractivity (Wildman–Crippen MR) is 81.7 cm³/mol. The molecule has 0 spiro atoms. The molecule has 1 aromatic rings. The molecule has 2 unspecified atom stereocenters. The van der Waals surface area contributed by atoms with Gasteiger partial charge in [-0.3, -0.25) is 9.69 Å². The highest BCUT2D eigenvalue weighted by Crippen LogP contribution is 2.22. The fraction of sp³-hybridized carbons (Fsp3) is 0.533. The third-order valence-electron chi connectivity index (χ3n) is 3.19. The number of hydrogen-bond acceptors (Lipinski definition) is 3. The van der Waals surface area contributed by atoms with Gasteiger partial charge in [-0.15, -0.1) is 0 Å². The van der Waals surface area contributed by atoms with Gasteiger partial charge in [-0.1, -0.05) is 43.6 Å². The number of nitrogens with zero attached hydrogens (tertiary/aromatic N) is 1. The highest BCUT2D eigenvalue weighted by molar-refractivity contribution is 6.31. The first-order chi connectivity index (χ1) is 9.34. The lowest BCUT2D eigenvalue weighted by Crippen LogP contribution is -2.47. The van der Waals surface area contributed by atoms with Crippen LogP contribution in [-0.2, 0) is 4.79 Å². The van der Waals surface area contributed by atoms with Crippen LogP contribution in [0.5, 0.6) is 0 Å². The molecule has 4 nitrogen and oxygen atoms in total. The first-order valence-corrected chi connectivity index (χ1v) is 7.09. The van der Waals surface area contributed by atoms with Gasteiger partial charge in [-0.25, -0.2) is 0 Å². The van der Waals surface area contributed by atoms with Crippen LogP contribution >= 0.6 is 11.6 Å². The topological polar surface area (TPSA) is 52.6 Å². The summed E-state index contributed by atoms with van der Waals surface area (Å²) in [5.41, 5.74) is 0.625. The Bertz CT molecular complexity index is 441. The summed E-state index contributed by atoms with van der Waals surface area (Å²) in [7, 11) is 3.74. The standard InChI is InChI=1S/C15H23ClN2O2/c1-10(2)14(18(3)4)15(20)17-9-13(19)11-7-5-6-8-12(11)16/h5-8,10,13-14,19H,9H2,1-4H3,(H,17,20). The van der Waals surface area contributed by atoms with Gasteiger partial charge in [0, 0.05) is 17.1 Å². The van der Waals surface area contributed by atoms with Crippen molar-refractivity contribution in [3.8, 4) is 0 Å². The first-order valence-electron chi connectivity index (χ1n) is 6.71. The fourth-order valence-electron chi connectivity index (χ4n) is 2.29. The minimum Gasteiger partial charge on any atom is -0.387 e. The normalized spacial score (nSPS) is 14.4. The number of carbonyl (C=O) groups is 1. The van der Waals surface area contributed by atoms with Gasteiger partial charge >= 0.3 is 0 Å². The number of halogens is 1. The molecule has 0 bridgehead atoms. The lowest BCUT2D eigenvalue weighted by atomic mass is 10.0. The van der Waals surface area contributed by atoms with E-state index in [1.54, 1.807) is 18.2 Å². The Hall–Kier alpha value is -1.10. The van der Waals surface area contributed by atoms with Crippen molar-refractivity contribution in [3.05, 3.63) is 34.9 Å². The number of likely N-dealkylation sites (N-methyl/N-ethyl adjacent to an activating group) is 1. The maximum atomic E-state index is 12.1. The molecule has 0 aliphatic rings. The zero-order valence-electron chi connectivity index (χ0n) is 12.4. The average Bonchev–Trinajstić information content (AvgIpc) is 2.35. The molecule has 112 valence electrons. The molecule has 2 N–H and O–H groups in total. The average molecular weight is 299 g/mol. The Labute approximate surface area is 125 Å². The number of carbonyl (C=O) groups excluding carboxylic acids is 1. The molecule has 5 heteroatoms. The summed E-state index contributed by atoms with van der Waals surface area (Å²) < 4.78 is 0. The van der Waals surface area contributed by atoms with Crippen LogP contribution < -0.4 is 5.32 Å². The van der Waals surface area contributed by atoms with E-state index in [1.165, 1.54) is 0 Å². The van der Waals surface area contributed by atoms with E-state index in [2.05, 4.69) is 5.32 Å². The maximum absolute atomic E-state index is 12.1. The second-order valence-electron chi connectivity index (χ2n) is 5.43. The molecule has 0 fully saturated rings. The van der Waals surface area contributed by atoms with Crippen molar-refractivity contribution >= 4 is 17.5 Å². The number of benzene rings is 1. The lowest BCUT2D eigenvalue weighted by molar-refractivity contribution is -0.127. The van der Waals surface area contributed by atoms with Crippen LogP contribution in [-0.4, -0.2) is 42.6 Å². The summed E-state index contributed by atoms with van der Waals surface area (Å²) in [5, 5.41) is 13.4. The fourth-order valence-corrected chi connectivity index (χ4v) is 2.55. The SMILES string of the molecule is CC(C)C(C(=O)NCC(O)c1ccccc1Cl)N(C)C. The number of rotatable bonds is 6. The monoisotopic (exact) mass is 298 g/mol. The van der Waals surface area contributed by atoms with Gasteiger partial charge in [-0.2, -0.15) is 0 Å². The quantitative estimate of drug-likeness (QED) is 0.845.